The molecule has 0 aliphatic heterocycles. The Bertz CT molecular complexity index is 1120. The van der Waals surface area contributed by atoms with Gasteiger partial charge in [-0.05, 0) is 0 Å². The van der Waals surface area contributed by atoms with E-state index in [2.05, 4.69) is 59.8 Å². The smallest absolute Gasteiger partial charge is 0.108 e. The molecule has 0 amide bonds. The van der Waals surface area contributed by atoms with Crippen LogP contribution in [0.1, 0.15) is 0 Å². The number of hydrogen-bond donors (Lipinski definition) is 0. The van der Waals surface area contributed by atoms with Crippen LogP contribution in [0.2, 0.25) is 0 Å². The zero-order valence-electron chi connectivity index (χ0n) is 19.9. The predicted octanol–water partition coefficient (Wildman–Crippen LogP) is 3.64. The summed E-state index contributed by atoms with van der Waals surface area (Å²) in [6.07, 6.45) is 29.5. The number of aromatic nitrogens is 12. The number of halogens is 2. The van der Waals surface area contributed by atoms with Gasteiger partial charge in [-0.2, -0.15) is 0 Å². The van der Waals surface area contributed by atoms with Gasteiger partial charge in [-0.15, -0.1) is 24.8 Å². The maximum absolute atomic E-state index is 4.08. The molecule has 6 aromatic rings. The first-order valence-electron chi connectivity index (χ1n) is 10.5. The van der Waals surface area contributed by atoms with Crippen LogP contribution in [0.4, 0.5) is 0 Å². The third-order valence-electron chi connectivity index (χ3n) is 4.17. The van der Waals surface area contributed by atoms with Crippen molar-refractivity contribution in [2.24, 2.45) is 0 Å². The molecule has 15 heteroatoms. The van der Waals surface area contributed by atoms with E-state index in [4.69, 9.17) is 0 Å². The van der Waals surface area contributed by atoms with E-state index in [1.165, 1.54) is 0 Å². The minimum atomic E-state index is 0. The zero-order chi connectivity index (χ0) is 24.7. The second-order valence-corrected chi connectivity index (χ2v) is 6.54. The Morgan fingerprint density at radius 2 is 0.410 bits per heavy atom. The average Bonchev–Trinajstić information content (AvgIpc) is 3.01. The molecule has 0 unspecified atom stereocenters. The third kappa shape index (κ3) is 10.9. The van der Waals surface area contributed by atoms with E-state index in [-0.39, 0.29) is 44.3 Å². The fourth-order valence-electron chi connectivity index (χ4n) is 2.59. The van der Waals surface area contributed by atoms with Gasteiger partial charge >= 0.3 is 0 Å². The molecule has 6 heterocycles. The van der Waals surface area contributed by atoms with Gasteiger partial charge in [-0.25, -0.2) is 0 Å². The zero-order valence-corrected chi connectivity index (χ0v) is 23.3. The molecule has 12 nitrogen and oxygen atoms in total. The van der Waals surface area contributed by atoms with Crippen molar-refractivity contribution in [2.75, 3.05) is 0 Å². The van der Waals surface area contributed by atoms with E-state index in [0.717, 1.165) is 34.2 Å². The van der Waals surface area contributed by atoms with Gasteiger partial charge in [0.25, 0.3) is 0 Å². The van der Waals surface area contributed by atoms with Crippen LogP contribution in [0.3, 0.4) is 0 Å². The van der Waals surface area contributed by atoms with Gasteiger partial charge in [0.15, 0.2) is 0 Å². The fourth-order valence-corrected chi connectivity index (χ4v) is 2.59. The van der Waals surface area contributed by atoms with Crippen molar-refractivity contribution >= 4 is 24.8 Å². The van der Waals surface area contributed by atoms with E-state index in [1.807, 2.05) is 0 Å². The molecule has 0 spiro atoms. The van der Waals surface area contributed by atoms with Crippen LogP contribution in [0.5, 0.6) is 0 Å². The van der Waals surface area contributed by atoms with Crippen molar-refractivity contribution in [3.63, 3.8) is 0 Å². The summed E-state index contributed by atoms with van der Waals surface area (Å²) in [5.74, 6) is 0. The van der Waals surface area contributed by atoms with Gasteiger partial charge in [0, 0.05) is 93.8 Å². The van der Waals surface area contributed by atoms with E-state index in [0.29, 0.717) is 0 Å². The first kappa shape index (κ1) is 32.7. The Morgan fingerprint density at radius 3 is 0.513 bits per heavy atom. The summed E-state index contributed by atoms with van der Waals surface area (Å²) in [7, 11) is 0. The predicted molar refractivity (Wildman–Crippen MR) is 144 cm³/mol. The number of nitrogens with zero attached hydrogens (tertiary/aromatic N) is 12. The summed E-state index contributed by atoms with van der Waals surface area (Å²) in [6.45, 7) is 0. The molecule has 6 aromatic heterocycles. The monoisotopic (exact) mass is 648 g/mol. The van der Waals surface area contributed by atoms with Gasteiger partial charge in [0.05, 0.1) is 37.2 Å². The Labute approximate surface area is 249 Å². The van der Waals surface area contributed by atoms with Crippen LogP contribution in [0.15, 0.2) is 112 Å². The first-order valence-corrected chi connectivity index (χ1v) is 10.5. The molecule has 0 fully saturated rings. The SMILES string of the molecule is Cl.Cl.[Ru].c1cnc(-c2cnccn2)cn1.c1cnc(-c2cnccn2)cn1.c1cnc(-c2cnccn2)cn1. The van der Waals surface area contributed by atoms with Crippen LogP contribution in [-0.4, -0.2) is 59.8 Å². The third-order valence-corrected chi connectivity index (χ3v) is 4.17. The minimum Gasteiger partial charge on any atom is -0.261 e. The molecule has 0 saturated heterocycles. The van der Waals surface area contributed by atoms with Crippen molar-refractivity contribution in [1.29, 1.82) is 0 Å². The molecule has 198 valence electrons. The standard InChI is InChI=1S/3C8H6N4.2ClH.Ru/c3*1-3-11-7(5-9-1)8-6-10-2-4-12-8;;;/h3*1-6H;2*1H;. The summed E-state index contributed by atoms with van der Waals surface area (Å²) in [5, 5.41) is 0. The van der Waals surface area contributed by atoms with E-state index < -0.39 is 0 Å². The summed E-state index contributed by atoms with van der Waals surface area (Å²) in [6, 6.07) is 0. The first-order chi connectivity index (χ1) is 17.9. The van der Waals surface area contributed by atoms with Gasteiger partial charge in [-0.1, -0.05) is 0 Å². The maximum Gasteiger partial charge on any atom is 0.108 e. The fraction of sp³-hybridized carbons (Fsp3) is 0. The Morgan fingerprint density at radius 1 is 0.256 bits per heavy atom. The van der Waals surface area contributed by atoms with Gasteiger partial charge in [0.1, 0.15) is 34.2 Å². The molecular weight excluding hydrogens is 628 g/mol. The molecule has 39 heavy (non-hydrogen) atoms. The van der Waals surface area contributed by atoms with E-state index >= 15 is 0 Å². The van der Waals surface area contributed by atoms with Gasteiger partial charge in [0.2, 0.25) is 0 Å². The van der Waals surface area contributed by atoms with Crippen LogP contribution < -0.4 is 0 Å². The molecule has 0 aliphatic carbocycles. The van der Waals surface area contributed by atoms with Crippen molar-refractivity contribution < 1.29 is 19.5 Å². The molecule has 0 aliphatic rings. The summed E-state index contributed by atoms with van der Waals surface area (Å²) in [5.41, 5.74) is 4.45. The summed E-state index contributed by atoms with van der Waals surface area (Å²) < 4.78 is 0. The Balaban J connectivity index is 0.000000282. The van der Waals surface area contributed by atoms with Crippen molar-refractivity contribution in [3.05, 3.63) is 112 Å². The van der Waals surface area contributed by atoms with Crippen molar-refractivity contribution in [3.8, 4) is 34.2 Å². The number of hydrogen-bond acceptors (Lipinski definition) is 12. The average molecular weight is 648 g/mol. The van der Waals surface area contributed by atoms with E-state index in [1.54, 1.807) is 112 Å². The van der Waals surface area contributed by atoms with Gasteiger partial charge < -0.3 is 0 Å². The van der Waals surface area contributed by atoms with E-state index in [9.17, 15) is 0 Å². The van der Waals surface area contributed by atoms with Crippen LogP contribution >= 0.6 is 24.8 Å². The quantitative estimate of drug-likeness (QED) is 0.257. The molecule has 0 aromatic carbocycles. The molecule has 0 radical (unpaired) electrons. The molecule has 0 saturated carbocycles. The summed E-state index contributed by atoms with van der Waals surface area (Å²) >= 11 is 0. The van der Waals surface area contributed by atoms with Crippen molar-refractivity contribution in [1.82, 2.24) is 59.8 Å². The number of rotatable bonds is 3. The minimum absolute atomic E-state index is 0. The molecule has 6 rings (SSSR count). The molecular formula is C24H20Cl2N12Ru. The second kappa shape index (κ2) is 18.9. The topological polar surface area (TPSA) is 155 Å². The normalized spacial score (nSPS) is 8.92. The molecule has 0 bridgehead atoms. The molecule has 0 N–H and O–H groups in total. The van der Waals surface area contributed by atoms with Crippen molar-refractivity contribution in [2.45, 2.75) is 0 Å². The Kier molecular flexibility index (Phi) is 15.8. The van der Waals surface area contributed by atoms with Crippen LogP contribution in [0.25, 0.3) is 34.2 Å². The summed E-state index contributed by atoms with van der Waals surface area (Å²) in [4.78, 5) is 48.1. The molecule has 0 atom stereocenters. The van der Waals surface area contributed by atoms with Crippen LogP contribution in [0, 0.1) is 0 Å². The Hall–Kier alpha value is -4.32. The second-order valence-electron chi connectivity index (χ2n) is 6.54. The largest absolute Gasteiger partial charge is 0.261 e. The van der Waals surface area contributed by atoms with Gasteiger partial charge in [-0.3, -0.25) is 59.8 Å². The van der Waals surface area contributed by atoms with Crippen LogP contribution in [-0.2, 0) is 19.5 Å². The maximum atomic E-state index is 4.08.